The summed E-state index contributed by atoms with van der Waals surface area (Å²) in [7, 11) is 0. The van der Waals surface area contributed by atoms with Crippen molar-refractivity contribution in [1.82, 2.24) is 15.0 Å². The van der Waals surface area contributed by atoms with Gasteiger partial charge in [-0.25, -0.2) is 9.97 Å². The molecule has 90 valence electrons. The summed E-state index contributed by atoms with van der Waals surface area (Å²) in [6, 6.07) is 1.73. The minimum atomic E-state index is 0.542. The van der Waals surface area contributed by atoms with Gasteiger partial charge in [0.15, 0.2) is 3.92 Å². The number of anilines is 1. The van der Waals surface area contributed by atoms with Crippen molar-refractivity contribution in [3.05, 3.63) is 27.3 Å². The molecule has 0 fully saturated rings. The zero-order chi connectivity index (χ0) is 12.1. The standard InChI is InChI=1S/C10H11BrN4OS/c1-2-16-8-3-4-12-10(15-8)13-5-7-6-17-9(11)14-7/h3-4,6H,2,5H2,1H3,(H,12,13,15). The SMILES string of the molecule is CCOc1ccnc(NCc2csc(Br)n2)n1. The molecule has 0 bridgehead atoms. The molecule has 0 saturated heterocycles. The summed E-state index contributed by atoms with van der Waals surface area (Å²) in [5.74, 6) is 1.12. The van der Waals surface area contributed by atoms with Crippen molar-refractivity contribution in [1.29, 1.82) is 0 Å². The first-order valence-corrected chi connectivity index (χ1v) is 6.75. The summed E-state index contributed by atoms with van der Waals surface area (Å²) in [5, 5.41) is 5.07. The molecule has 2 aromatic rings. The molecule has 2 heterocycles. The van der Waals surface area contributed by atoms with Gasteiger partial charge in [-0.1, -0.05) is 0 Å². The Balaban J connectivity index is 1.96. The fourth-order valence-corrected chi connectivity index (χ4v) is 2.24. The number of nitrogens with one attached hydrogen (secondary N) is 1. The topological polar surface area (TPSA) is 59.9 Å². The van der Waals surface area contributed by atoms with Crippen LogP contribution in [0.5, 0.6) is 5.88 Å². The largest absolute Gasteiger partial charge is 0.478 e. The second-order valence-electron chi connectivity index (χ2n) is 3.10. The van der Waals surface area contributed by atoms with E-state index in [9.17, 15) is 0 Å². The number of hydrogen-bond acceptors (Lipinski definition) is 6. The molecule has 1 N–H and O–H groups in total. The third-order valence-electron chi connectivity index (χ3n) is 1.87. The molecule has 0 amide bonds. The molecule has 5 nitrogen and oxygen atoms in total. The number of aromatic nitrogens is 3. The summed E-state index contributed by atoms with van der Waals surface area (Å²) >= 11 is 4.87. The van der Waals surface area contributed by atoms with E-state index in [0.29, 0.717) is 25.0 Å². The quantitative estimate of drug-likeness (QED) is 0.919. The van der Waals surface area contributed by atoms with Crippen LogP contribution in [0, 0.1) is 0 Å². The molecule has 2 rings (SSSR count). The highest BCUT2D eigenvalue weighted by Crippen LogP contribution is 2.16. The second-order valence-corrected chi connectivity index (χ2v) is 5.23. The smallest absolute Gasteiger partial charge is 0.226 e. The number of ether oxygens (including phenoxy) is 1. The first kappa shape index (κ1) is 12.3. The fraction of sp³-hybridized carbons (Fsp3) is 0.300. The van der Waals surface area contributed by atoms with Gasteiger partial charge < -0.3 is 10.1 Å². The zero-order valence-electron chi connectivity index (χ0n) is 9.18. The van der Waals surface area contributed by atoms with E-state index in [2.05, 4.69) is 36.2 Å². The van der Waals surface area contributed by atoms with E-state index in [-0.39, 0.29) is 0 Å². The van der Waals surface area contributed by atoms with Gasteiger partial charge in [-0.2, -0.15) is 4.98 Å². The van der Waals surface area contributed by atoms with E-state index in [0.717, 1.165) is 9.61 Å². The molecule has 0 aliphatic rings. The highest BCUT2D eigenvalue weighted by atomic mass is 79.9. The first-order valence-electron chi connectivity index (χ1n) is 5.07. The number of rotatable bonds is 5. The third-order valence-corrected chi connectivity index (χ3v) is 3.29. The number of hydrogen-bond donors (Lipinski definition) is 1. The van der Waals surface area contributed by atoms with Crippen molar-refractivity contribution in [3.8, 4) is 5.88 Å². The molecule has 0 radical (unpaired) electrons. The summed E-state index contributed by atoms with van der Waals surface area (Å²) in [5.41, 5.74) is 0.951. The van der Waals surface area contributed by atoms with Gasteiger partial charge in [0.1, 0.15) is 0 Å². The fourth-order valence-electron chi connectivity index (χ4n) is 1.19. The zero-order valence-corrected chi connectivity index (χ0v) is 11.6. The Bertz CT molecular complexity index is 491. The van der Waals surface area contributed by atoms with E-state index < -0.39 is 0 Å². The molecule has 0 aliphatic carbocycles. The highest BCUT2D eigenvalue weighted by molar-refractivity contribution is 9.11. The highest BCUT2D eigenvalue weighted by Gasteiger charge is 2.02. The van der Waals surface area contributed by atoms with Crippen LogP contribution in [0.15, 0.2) is 21.6 Å². The van der Waals surface area contributed by atoms with Crippen molar-refractivity contribution in [2.75, 3.05) is 11.9 Å². The second kappa shape index (κ2) is 5.92. The number of halogens is 1. The van der Waals surface area contributed by atoms with Gasteiger partial charge in [-0.15, -0.1) is 11.3 Å². The normalized spacial score (nSPS) is 10.2. The predicted octanol–water partition coefficient (Wildman–Crippen LogP) is 2.71. The maximum Gasteiger partial charge on any atom is 0.226 e. The molecule has 0 saturated carbocycles. The average molecular weight is 315 g/mol. The van der Waals surface area contributed by atoms with Crippen LogP contribution in [0.4, 0.5) is 5.95 Å². The van der Waals surface area contributed by atoms with Crippen molar-refractivity contribution in [2.24, 2.45) is 0 Å². The molecule has 0 spiro atoms. The Labute approximate surface area is 111 Å². The van der Waals surface area contributed by atoms with Gasteiger partial charge in [0.25, 0.3) is 0 Å². The maximum absolute atomic E-state index is 5.29. The molecule has 0 unspecified atom stereocenters. The number of nitrogens with zero attached hydrogens (tertiary/aromatic N) is 3. The summed E-state index contributed by atoms with van der Waals surface area (Å²) < 4.78 is 6.16. The molecule has 0 aromatic carbocycles. The average Bonchev–Trinajstić information content (AvgIpc) is 2.74. The van der Waals surface area contributed by atoms with E-state index in [1.807, 2.05) is 12.3 Å². The summed E-state index contributed by atoms with van der Waals surface area (Å²) in [6.07, 6.45) is 1.66. The van der Waals surface area contributed by atoms with Crippen molar-refractivity contribution >= 4 is 33.2 Å². The van der Waals surface area contributed by atoms with Gasteiger partial charge in [0.2, 0.25) is 11.8 Å². The van der Waals surface area contributed by atoms with Crippen LogP contribution < -0.4 is 10.1 Å². The van der Waals surface area contributed by atoms with Crippen LogP contribution in [-0.2, 0) is 6.54 Å². The predicted molar refractivity (Wildman–Crippen MR) is 70.3 cm³/mol. The lowest BCUT2D eigenvalue weighted by Crippen LogP contribution is -2.05. The molecule has 0 aliphatic heterocycles. The van der Waals surface area contributed by atoms with E-state index in [4.69, 9.17) is 4.74 Å². The Kier molecular flexibility index (Phi) is 4.27. The molecule has 7 heteroatoms. The summed E-state index contributed by atoms with van der Waals surface area (Å²) in [4.78, 5) is 12.6. The lowest BCUT2D eigenvalue weighted by atomic mass is 10.5. The van der Waals surface area contributed by atoms with Crippen LogP contribution in [0.2, 0.25) is 0 Å². The van der Waals surface area contributed by atoms with Crippen molar-refractivity contribution < 1.29 is 4.74 Å². The minimum Gasteiger partial charge on any atom is -0.478 e. The van der Waals surface area contributed by atoms with Crippen LogP contribution in [0.25, 0.3) is 0 Å². The van der Waals surface area contributed by atoms with Crippen LogP contribution >= 0.6 is 27.3 Å². The summed E-state index contributed by atoms with van der Waals surface area (Å²) in [6.45, 7) is 3.11. The number of thiazole rings is 1. The van der Waals surface area contributed by atoms with E-state index >= 15 is 0 Å². The monoisotopic (exact) mass is 314 g/mol. The molecular formula is C10H11BrN4OS. The first-order chi connectivity index (χ1) is 8.28. The Morgan fingerprint density at radius 2 is 2.35 bits per heavy atom. The van der Waals surface area contributed by atoms with E-state index in [1.54, 1.807) is 23.6 Å². The van der Waals surface area contributed by atoms with Crippen LogP contribution in [0.3, 0.4) is 0 Å². The lowest BCUT2D eigenvalue weighted by Gasteiger charge is -2.05. The Morgan fingerprint density at radius 3 is 3.06 bits per heavy atom. The molecule has 17 heavy (non-hydrogen) atoms. The van der Waals surface area contributed by atoms with E-state index in [1.165, 1.54) is 0 Å². The lowest BCUT2D eigenvalue weighted by molar-refractivity contribution is 0.326. The van der Waals surface area contributed by atoms with Crippen molar-refractivity contribution in [3.63, 3.8) is 0 Å². The maximum atomic E-state index is 5.29. The van der Waals surface area contributed by atoms with Gasteiger partial charge in [-0.05, 0) is 22.9 Å². The molecule has 2 aromatic heterocycles. The third kappa shape index (κ3) is 3.64. The van der Waals surface area contributed by atoms with Crippen LogP contribution in [-0.4, -0.2) is 21.6 Å². The van der Waals surface area contributed by atoms with Gasteiger partial charge in [0.05, 0.1) is 18.8 Å². The van der Waals surface area contributed by atoms with Crippen molar-refractivity contribution in [2.45, 2.75) is 13.5 Å². The Morgan fingerprint density at radius 1 is 1.47 bits per heavy atom. The molecular weight excluding hydrogens is 304 g/mol. The Hall–Kier alpha value is -1.21. The van der Waals surface area contributed by atoms with Gasteiger partial charge in [-0.3, -0.25) is 0 Å². The van der Waals surface area contributed by atoms with Gasteiger partial charge >= 0.3 is 0 Å². The van der Waals surface area contributed by atoms with Gasteiger partial charge in [0, 0.05) is 17.6 Å². The molecule has 0 atom stereocenters. The van der Waals surface area contributed by atoms with Crippen LogP contribution in [0.1, 0.15) is 12.6 Å². The minimum absolute atomic E-state index is 0.542.